The SMILES string of the molecule is CC1(c2cnc(N)o2)CCCSC1. The van der Waals surface area contributed by atoms with E-state index in [-0.39, 0.29) is 11.4 Å². The van der Waals surface area contributed by atoms with Crippen molar-refractivity contribution < 1.29 is 4.42 Å². The van der Waals surface area contributed by atoms with Crippen LogP contribution in [-0.2, 0) is 5.41 Å². The van der Waals surface area contributed by atoms with Gasteiger partial charge in [-0.2, -0.15) is 11.8 Å². The molecule has 0 amide bonds. The molecule has 2 heterocycles. The van der Waals surface area contributed by atoms with E-state index in [4.69, 9.17) is 10.2 Å². The zero-order chi connectivity index (χ0) is 9.31. The zero-order valence-corrected chi connectivity index (χ0v) is 8.56. The van der Waals surface area contributed by atoms with E-state index in [0.29, 0.717) is 0 Å². The van der Waals surface area contributed by atoms with Gasteiger partial charge in [-0.25, -0.2) is 4.98 Å². The van der Waals surface area contributed by atoms with Crippen LogP contribution in [0.4, 0.5) is 6.01 Å². The number of aromatic nitrogens is 1. The molecule has 1 aliphatic rings. The second-order valence-corrected chi connectivity index (χ2v) is 4.88. The van der Waals surface area contributed by atoms with Crippen molar-refractivity contribution >= 4 is 17.8 Å². The maximum Gasteiger partial charge on any atom is 0.292 e. The Morgan fingerprint density at radius 1 is 1.69 bits per heavy atom. The molecule has 3 nitrogen and oxygen atoms in total. The summed E-state index contributed by atoms with van der Waals surface area (Å²) in [6.45, 7) is 2.22. The molecule has 1 aromatic heterocycles. The van der Waals surface area contributed by atoms with Crippen LogP contribution < -0.4 is 5.73 Å². The largest absolute Gasteiger partial charge is 0.428 e. The molecule has 1 aliphatic heterocycles. The molecule has 1 atom stereocenters. The van der Waals surface area contributed by atoms with E-state index in [1.807, 2.05) is 11.8 Å². The third-order valence-electron chi connectivity index (χ3n) is 2.56. The lowest BCUT2D eigenvalue weighted by Gasteiger charge is -2.30. The Balaban J connectivity index is 2.22. The summed E-state index contributed by atoms with van der Waals surface area (Å²) in [5.74, 6) is 3.32. The summed E-state index contributed by atoms with van der Waals surface area (Å²) in [5, 5.41) is 0. The van der Waals surface area contributed by atoms with Gasteiger partial charge < -0.3 is 10.2 Å². The highest BCUT2D eigenvalue weighted by Crippen LogP contribution is 2.37. The number of nitrogen functional groups attached to an aromatic ring is 1. The standard InChI is InChI=1S/C9H14N2OS/c1-9(3-2-4-13-6-9)7-5-11-8(10)12-7/h5H,2-4,6H2,1H3,(H2,10,11). The van der Waals surface area contributed by atoms with Gasteiger partial charge in [0.25, 0.3) is 6.01 Å². The van der Waals surface area contributed by atoms with Crippen molar-refractivity contribution in [3.63, 3.8) is 0 Å². The van der Waals surface area contributed by atoms with Gasteiger partial charge in [0.05, 0.1) is 6.20 Å². The first-order chi connectivity index (χ1) is 6.21. The summed E-state index contributed by atoms with van der Waals surface area (Å²) in [7, 11) is 0. The average Bonchev–Trinajstić information content (AvgIpc) is 2.54. The Bertz CT molecular complexity index is 292. The molecule has 0 radical (unpaired) electrons. The van der Waals surface area contributed by atoms with Gasteiger partial charge >= 0.3 is 0 Å². The van der Waals surface area contributed by atoms with E-state index in [0.717, 1.165) is 11.5 Å². The lowest BCUT2D eigenvalue weighted by atomic mass is 9.85. The quantitative estimate of drug-likeness (QED) is 0.750. The first-order valence-corrected chi connectivity index (χ1v) is 5.66. The number of hydrogen-bond acceptors (Lipinski definition) is 4. The molecule has 1 unspecified atom stereocenters. The fourth-order valence-corrected chi connectivity index (χ4v) is 2.92. The molecule has 0 aromatic carbocycles. The first kappa shape index (κ1) is 8.94. The normalized spacial score (nSPS) is 29.0. The van der Waals surface area contributed by atoms with Gasteiger partial charge in [0.2, 0.25) is 0 Å². The third-order valence-corrected chi connectivity index (χ3v) is 3.97. The van der Waals surface area contributed by atoms with Crippen LogP contribution in [0.25, 0.3) is 0 Å². The minimum atomic E-state index is 0.146. The van der Waals surface area contributed by atoms with Crippen LogP contribution in [0.15, 0.2) is 10.6 Å². The molecule has 1 saturated heterocycles. The lowest BCUT2D eigenvalue weighted by molar-refractivity contribution is 0.369. The fourth-order valence-electron chi connectivity index (χ4n) is 1.69. The molecular weight excluding hydrogens is 184 g/mol. The second kappa shape index (κ2) is 3.25. The van der Waals surface area contributed by atoms with E-state index >= 15 is 0 Å². The number of thioether (sulfide) groups is 1. The minimum absolute atomic E-state index is 0.146. The van der Waals surface area contributed by atoms with E-state index < -0.39 is 0 Å². The van der Waals surface area contributed by atoms with Gasteiger partial charge in [0, 0.05) is 11.2 Å². The van der Waals surface area contributed by atoms with Crippen molar-refractivity contribution in [2.24, 2.45) is 0 Å². The summed E-state index contributed by atoms with van der Waals surface area (Å²) in [4.78, 5) is 3.94. The van der Waals surface area contributed by atoms with E-state index in [9.17, 15) is 0 Å². The highest BCUT2D eigenvalue weighted by molar-refractivity contribution is 7.99. The average molecular weight is 198 g/mol. The van der Waals surface area contributed by atoms with Gasteiger partial charge in [-0.1, -0.05) is 6.92 Å². The number of oxazole rings is 1. The molecule has 1 fully saturated rings. The molecule has 2 rings (SSSR count). The van der Waals surface area contributed by atoms with Crippen LogP contribution in [0.3, 0.4) is 0 Å². The molecule has 0 spiro atoms. The summed E-state index contributed by atoms with van der Waals surface area (Å²) in [5.41, 5.74) is 5.61. The van der Waals surface area contributed by atoms with Crippen LogP contribution in [0.5, 0.6) is 0 Å². The van der Waals surface area contributed by atoms with Crippen molar-refractivity contribution in [1.29, 1.82) is 0 Å². The minimum Gasteiger partial charge on any atom is -0.428 e. The van der Waals surface area contributed by atoms with Crippen molar-refractivity contribution in [3.8, 4) is 0 Å². The summed E-state index contributed by atoms with van der Waals surface area (Å²) >= 11 is 1.98. The molecule has 0 bridgehead atoms. The summed E-state index contributed by atoms with van der Waals surface area (Å²) in [6.07, 6.45) is 4.19. The van der Waals surface area contributed by atoms with E-state index in [2.05, 4.69) is 11.9 Å². The Morgan fingerprint density at radius 2 is 2.54 bits per heavy atom. The van der Waals surface area contributed by atoms with Crippen molar-refractivity contribution in [1.82, 2.24) is 4.98 Å². The van der Waals surface area contributed by atoms with Crippen LogP contribution in [0.2, 0.25) is 0 Å². The first-order valence-electron chi connectivity index (χ1n) is 4.50. The summed E-state index contributed by atoms with van der Waals surface area (Å²) < 4.78 is 5.38. The Labute approximate surface area is 82.1 Å². The molecule has 4 heteroatoms. The molecule has 1 aromatic rings. The molecule has 0 aliphatic carbocycles. The molecule has 72 valence electrons. The van der Waals surface area contributed by atoms with Crippen molar-refractivity contribution in [2.75, 3.05) is 17.2 Å². The van der Waals surface area contributed by atoms with Crippen LogP contribution >= 0.6 is 11.8 Å². The van der Waals surface area contributed by atoms with E-state index in [1.165, 1.54) is 18.6 Å². The molecule has 0 saturated carbocycles. The van der Waals surface area contributed by atoms with Crippen LogP contribution in [-0.4, -0.2) is 16.5 Å². The van der Waals surface area contributed by atoms with Crippen LogP contribution in [0, 0.1) is 0 Å². The highest BCUT2D eigenvalue weighted by Gasteiger charge is 2.32. The number of rotatable bonds is 1. The topological polar surface area (TPSA) is 52.0 Å². The maximum absolute atomic E-state index is 5.46. The van der Waals surface area contributed by atoms with Gasteiger partial charge in [-0.3, -0.25) is 0 Å². The molecular formula is C9H14N2OS. The van der Waals surface area contributed by atoms with E-state index in [1.54, 1.807) is 6.20 Å². The second-order valence-electron chi connectivity index (χ2n) is 3.78. The number of nitrogens with two attached hydrogens (primary N) is 1. The fraction of sp³-hybridized carbons (Fsp3) is 0.667. The predicted molar refractivity (Wildman–Crippen MR) is 54.8 cm³/mol. The van der Waals surface area contributed by atoms with Gasteiger partial charge in [-0.05, 0) is 18.6 Å². The van der Waals surface area contributed by atoms with Gasteiger partial charge in [-0.15, -0.1) is 0 Å². The van der Waals surface area contributed by atoms with Crippen LogP contribution in [0.1, 0.15) is 25.5 Å². The molecule has 13 heavy (non-hydrogen) atoms. The van der Waals surface area contributed by atoms with Gasteiger partial charge in [0.15, 0.2) is 0 Å². The Hall–Kier alpha value is -0.640. The maximum atomic E-state index is 5.46. The Morgan fingerprint density at radius 3 is 3.08 bits per heavy atom. The smallest absolute Gasteiger partial charge is 0.292 e. The molecule has 2 N–H and O–H groups in total. The highest BCUT2D eigenvalue weighted by atomic mass is 32.2. The van der Waals surface area contributed by atoms with Crippen molar-refractivity contribution in [3.05, 3.63) is 12.0 Å². The third kappa shape index (κ3) is 1.68. The lowest BCUT2D eigenvalue weighted by Crippen LogP contribution is -2.28. The number of hydrogen-bond donors (Lipinski definition) is 1. The summed E-state index contributed by atoms with van der Waals surface area (Å²) in [6, 6.07) is 0.284. The monoisotopic (exact) mass is 198 g/mol. The van der Waals surface area contributed by atoms with Crippen molar-refractivity contribution in [2.45, 2.75) is 25.2 Å². The predicted octanol–water partition coefficient (Wildman–Crippen LogP) is 2.04. The van der Waals surface area contributed by atoms with Gasteiger partial charge in [0.1, 0.15) is 5.76 Å². The Kier molecular flexibility index (Phi) is 2.24. The zero-order valence-electron chi connectivity index (χ0n) is 7.75. The number of anilines is 1. The number of nitrogens with zero attached hydrogens (tertiary/aromatic N) is 1.